The van der Waals surface area contributed by atoms with Gasteiger partial charge in [-0.05, 0) is 50.0 Å². The normalized spacial score (nSPS) is 18.2. The average molecular weight is 1080 g/mol. The Bertz CT molecular complexity index is 1790. The lowest BCUT2D eigenvalue weighted by Gasteiger charge is -2.44. The van der Waals surface area contributed by atoms with Crippen LogP contribution in [0.25, 0.3) is 0 Å². The number of carbonyl (C=O) groups is 6. The van der Waals surface area contributed by atoms with E-state index in [4.69, 9.17) is 33.2 Å². The Labute approximate surface area is 464 Å². The van der Waals surface area contributed by atoms with E-state index in [2.05, 4.69) is 19.2 Å². The minimum Gasteiger partial charge on any atom is -0.463 e. The molecule has 0 unspecified atom stereocenters. The maximum Gasteiger partial charge on any atom is 0.338 e. The van der Waals surface area contributed by atoms with Crippen molar-refractivity contribution in [2.75, 3.05) is 13.2 Å². The summed E-state index contributed by atoms with van der Waals surface area (Å²) in [5.74, 6) is -4.07. The highest BCUT2D eigenvalue weighted by Crippen LogP contribution is 2.31. The second-order valence-electron chi connectivity index (χ2n) is 21.1. The number of amides is 1. The lowest BCUT2D eigenvalue weighted by molar-refractivity contribution is -0.309. The molecule has 1 N–H and O–H groups in total. The van der Waals surface area contributed by atoms with Gasteiger partial charge in [-0.25, -0.2) is 4.79 Å². The van der Waals surface area contributed by atoms with Gasteiger partial charge in [0.05, 0.1) is 18.2 Å². The first kappa shape index (κ1) is 68.5. The number of hydrogen-bond donors (Lipinski definition) is 1. The van der Waals surface area contributed by atoms with E-state index >= 15 is 0 Å². The minimum absolute atomic E-state index is 0.307. The zero-order chi connectivity index (χ0) is 56.1. The number of hydrogen-bond acceptors (Lipinski definition) is 13. The largest absolute Gasteiger partial charge is 0.463 e. The number of rotatable bonds is 46. The van der Waals surface area contributed by atoms with Crippen molar-refractivity contribution in [2.24, 2.45) is 0 Å². The molecule has 0 bridgehead atoms. The molecule has 14 heteroatoms. The Morgan fingerprint density at radius 1 is 0.519 bits per heavy atom. The van der Waals surface area contributed by atoms with E-state index in [9.17, 15) is 28.8 Å². The van der Waals surface area contributed by atoms with Gasteiger partial charge in [0.2, 0.25) is 5.91 Å². The van der Waals surface area contributed by atoms with Crippen LogP contribution in [0.15, 0.2) is 54.6 Å². The van der Waals surface area contributed by atoms with Crippen LogP contribution >= 0.6 is 0 Å². The van der Waals surface area contributed by atoms with E-state index < -0.39 is 85.2 Å². The number of nitrogens with one attached hydrogen (secondary N) is 1. The predicted octanol–water partition coefficient (Wildman–Crippen LogP) is 14.4. The average Bonchev–Trinajstić information content (AvgIpc) is 3.40. The number of unbranched alkanes of at least 4 members (excludes halogenated alkanes) is 30. The summed E-state index contributed by atoms with van der Waals surface area (Å²) in [5, 5.41) is 2.99. The van der Waals surface area contributed by atoms with Crippen LogP contribution in [-0.2, 0) is 57.1 Å². The molecule has 1 aromatic rings. The highest BCUT2D eigenvalue weighted by molar-refractivity contribution is 5.90. The topological polar surface area (TPSA) is 179 Å². The van der Waals surface area contributed by atoms with E-state index in [0.717, 1.165) is 59.3 Å². The number of allylic oxidation sites excluding steroid dienone is 2. The quantitative estimate of drug-likeness (QED) is 0.0214. The summed E-state index contributed by atoms with van der Waals surface area (Å²) in [7, 11) is 0. The Hall–Kier alpha value is -4.56. The molecule has 0 radical (unpaired) electrons. The van der Waals surface area contributed by atoms with Gasteiger partial charge < -0.3 is 38.5 Å². The van der Waals surface area contributed by atoms with Crippen molar-refractivity contribution in [3.63, 3.8) is 0 Å². The summed E-state index contributed by atoms with van der Waals surface area (Å²) < 4.78 is 40.8. The predicted molar refractivity (Wildman–Crippen MR) is 303 cm³/mol. The van der Waals surface area contributed by atoms with Crippen molar-refractivity contribution >= 4 is 35.8 Å². The molecule has 1 aliphatic rings. The molecule has 1 saturated heterocycles. The summed E-state index contributed by atoms with van der Waals surface area (Å²) in [6.45, 7) is 8.30. The molecule has 0 spiro atoms. The molecular formula is C63H103NO13. The van der Waals surface area contributed by atoms with Crippen LogP contribution in [-0.4, -0.2) is 91.8 Å². The van der Waals surface area contributed by atoms with Crippen LogP contribution in [0.4, 0.5) is 0 Å². The number of benzene rings is 1. The maximum absolute atomic E-state index is 13.8. The van der Waals surface area contributed by atoms with Crippen molar-refractivity contribution in [3.05, 3.63) is 60.2 Å². The number of carbonyl (C=O) groups excluding carboxylic acids is 6. The number of esters is 5. The van der Waals surface area contributed by atoms with Crippen LogP contribution in [0, 0.1) is 0 Å². The van der Waals surface area contributed by atoms with Crippen LogP contribution < -0.4 is 5.32 Å². The molecule has 0 aliphatic carbocycles. The van der Waals surface area contributed by atoms with E-state index in [-0.39, 0.29) is 6.61 Å². The summed E-state index contributed by atoms with van der Waals surface area (Å²) in [5.41, 5.74) is 0.307. The molecular weight excluding hydrogens is 979 g/mol. The van der Waals surface area contributed by atoms with Crippen molar-refractivity contribution in [2.45, 2.75) is 290 Å². The maximum atomic E-state index is 13.8. The monoisotopic (exact) mass is 1080 g/mol. The van der Waals surface area contributed by atoms with Gasteiger partial charge in [0.15, 0.2) is 24.6 Å². The van der Waals surface area contributed by atoms with Crippen molar-refractivity contribution in [1.82, 2.24) is 5.32 Å². The number of ether oxygens (including phenoxy) is 7. The van der Waals surface area contributed by atoms with Gasteiger partial charge in [-0.15, -0.1) is 0 Å². The molecule has 1 heterocycles. The molecule has 2 rings (SSSR count). The Kier molecular flexibility index (Phi) is 40.3. The molecule has 14 nitrogen and oxygen atoms in total. The standard InChI is InChI=1S/C63H103NO13/c1-7-9-11-13-15-17-19-21-22-23-24-25-26-27-28-30-32-34-36-38-43-47-58(69)64-55(48-72-63-61(75-53(6)68)60(74-52(5)67)59(73-51(4)66)57(77-63)49-71-50(3)65)56(76-62(70)54-44-40-39-41-45-54)46-42-37-35-33-31-29-20-18-16-14-12-10-8-2/h39-47,55-57,59-61,63H,7-38,48-49H2,1-6H3,(H,64,69)/t55-,56+,57+,59-,60-,61+,63+/m0/s1. The van der Waals surface area contributed by atoms with E-state index in [1.165, 1.54) is 167 Å². The summed E-state index contributed by atoms with van der Waals surface area (Å²) >= 11 is 0. The van der Waals surface area contributed by atoms with Crippen molar-refractivity contribution in [3.8, 4) is 0 Å². The molecule has 1 fully saturated rings. The van der Waals surface area contributed by atoms with Gasteiger partial charge in [-0.1, -0.05) is 224 Å². The first-order valence-corrected chi connectivity index (χ1v) is 30.2. The van der Waals surface area contributed by atoms with Gasteiger partial charge in [0, 0.05) is 27.7 Å². The lowest BCUT2D eigenvalue weighted by Crippen LogP contribution is -2.63. The summed E-state index contributed by atoms with van der Waals surface area (Å²) in [4.78, 5) is 77.0. The minimum atomic E-state index is -1.52. The second kappa shape index (κ2) is 45.3. The zero-order valence-electron chi connectivity index (χ0n) is 48.6. The molecule has 1 aromatic carbocycles. The van der Waals surface area contributed by atoms with Gasteiger partial charge in [-0.2, -0.15) is 0 Å². The fourth-order valence-corrected chi connectivity index (χ4v) is 9.68. The first-order valence-electron chi connectivity index (χ1n) is 30.2. The van der Waals surface area contributed by atoms with Crippen LogP contribution in [0.1, 0.15) is 257 Å². The van der Waals surface area contributed by atoms with E-state index in [0.29, 0.717) is 18.4 Å². The third kappa shape index (κ3) is 34.8. The molecule has 438 valence electrons. The third-order valence-corrected chi connectivity index (χ3v) is 13.9. The molecule has 7 atom stereocenters. The van der Waals surface area contributed by atoms with Crippen molar-refractivity contribution < 1.29 is 61.9 Å². The summed E-state index contributed by atoms with van der Waals surface area (Å²) in [6.07, 6.45) is 38.2. The fraction of sp³-hybridized carbons (Fsp3) is 0.746. The third-order valence-electron chi connectivity index (χ3n) is 13.9. The fourth-order valence-electron chi connectivity index (χ4n) is 9.68. The van der Waals surface area contributed by atoms with Gasteiger partial charge >= 0.3 is 29.8 Å². The van der Waals surface area contributed by atoms with Crippen LogP contribution in [0.5, 0.6) is 0 Å². The second-order valence-corrected chi connectivity index (χ2v) is 21.1. The van der Waals surface area contributed by atoms with Crippen LogP contribution in [0.3, 0.4) is 0 Å². The van der Waals surface area contributed by atoms with Crippen molar-refractivity contribution in [1.29, 1.82) is 0 Å². The molecule has 0 aromatic heterocycles. The van der Waals surface area contributed by atoms with E-state index in [1.54, 1.807) is 36.4 Å². The molecule has 1 amide bonds. The van der Waals surface area contributed by atoms with Gasteiger partial charge in [0.25, 0.3) is 0 Å². The van der Waals surface area contributed by atoms with Gasteiger partial charge in [0.1, 0.15) is 18.8 Å². The Balaban J connectivity index is 2.18. The van der Waals surface area contributed by atoms with E-state index in [1.807, 2.05) is 12.2 Å². The SMILES string of the molecule is CCCCCCCCCCCCCC=C[C@@H](OC(=O)c1ccccc1)[C@H](CO[C@@H]1O[C@H](COC(C)=O)[C@H](OC(C)=O)[C@H](OC(C)=O)[C@H]1OC(C)=O)NC(=O)C=CCCCCCCCCCCCCCCCCCCCCC. The Morgan fingerprint density at radius 3 is 1.38 bits per heavy atom. The highest BCUT2D eigenvalue weighted by atomic mass is 16.7. The molecule has 1 aliphatic heterocycles. The van der Waals surface area contributed by atoms with Gasteiger partial charge in [-0.3, -0.25) is 24.0 Å². The van der Waals surface area contributed by atoms with Crippen LogP contribution in [0.2, 0.25) is 0 Å². The molecule has 0 saturated carbocycles. The smallest absolute Gasteiger partial charge is 0.338 e. The lowest BCUT2D eigenvalue weighted by atomic mass is 9.98. The highest BCUT2D eigenvalue weighted by Gasteiger charge is 2.53. The summed E-state index contributed by atoms with van der Waals surface area (Å²) in [6, 6.07) is 7.49. The molecule has 77 heavy (non-hydrogen) atoms. The Morgan fingerprint density at radius 2 is 0.935 bits per heavy atom. The first-order chi connectivity index (χ1) is 37.4. The zero-order valence-corrected chi connectivity index (χ0v) is 48.6.